The third-order valence-corrected chi connectivity index (χ3v) is 4.68. The first-order chi connectivity index (χ1) is 7.41. The molecule has 0 spiro atoms. The van der Waals surface area contributed by atoms with E-state index in [2.05, 4.69) is 41.5 Å². The van der Waals surface area contributed by atoms with Crippen molar-refractivity contribution in [3.8, 4) is 0 Å². The molecule has 0 heterocycles. The summed E-state index contributed by atoms with van der Waals surface area (Å²) in [4.78, 5) is 0. The van der Waals surface area contributed by atoms with E-state index in [1.807, 2.05) is 0 Å². The van der Waals surface area contributed by atoms with Crippen molar-refractivity contribution in [2.24, 2.45) is 35.5 Å². The second kappa shape index (κ2) is 6.07. The van der Waals surface area contributed by atoms with Gasteiger partial charge in [-0.1, -0.05) is 48.0 Å². The topological polar surface area (TPSA) is 0 Å². The van der Waals surface area contributed by atoms with Gasteiger partial charge in [0.1, 0.15) is 0 Å². The molecule has 0 radical (unpaired) electrons. The van der Waals surface area contributed by atoms with E-state index < -0.39 is 0 Å². The molecular weight excluding hydrogens is 192 g/mol. The Balaban J connectivity index is 2.25. The van der Waals surface area contributed by atoms with Gasteiger partial charge in [0, 0.05) is 0 Å². The van der Waals surface area contributed by atoms with Gasteiger partial charge in [-0.2, -0.15) is 0 Å². The maximum atomic E-state index is 2.50. The van der Waals surface area contributed by atoms with Gasteiger partial charge in [-0.3, -0.25) is 0 Å². The standard InChI is InChI=1S/C16H32/c1-11(2)7-8-15-10-16(14(15)6)13(5)9-12(3)4/h11-16H,7-10H2,1-6H3. The second-order valence-corrected chi connectivity index (χ2v) is 7.10. The zero-order chi connectivity index (χ0) is 12.3. The first kappa shape index (κ1) is 14.1. The predicted octanol–water partition coefficient (Wildman–Crippen LogP) is 5.38. The molecule has 0 aromatic rings. The molecule has 0 amide bonds. The highest BCUT2D eigenvalue weighted by Crippen LogP contribution is 2.48. The van der Waals surface area contributed by atoms with Crippen LogP contribution in [-0.4, -0.2) is 0 Å². The Hall–Kier alpha value is 0. The molecule has 96 valence electrons. The van der Waals surface area contributed by atoms with E-state index in [1.165, 1.54) is 25.7 Å². The minimum Gasteiger partial charge on any atom is -0.0628 e. The van der Waals surface area contributed by atoms with Crippen molar-refractivity contribution in [3.63, 3.8) is 0 Å². The molecule has 1 rings (SSSR count). The van der Waals surface area contributed by atoms with Crippen molar-refractivity contribution in [1.82, 2.24) is 0 Å². The lowest BCUT2D eigenvalue weighted by Gasteiger charge is -2.47. The number of hydrogen-bond acceptors (Lipinski definition) is 0. The van der Waals surface area contributed by atoms with Gasteiger partial charge >= 0.3 is 0 Å². The van der Waals surface area contributed by atoms with E-state index in [0.29, 0.717) is 0 Å². The Morgan fingerprint density at radius 1 is 1.00 bits per heavy atom. The fourth-order valence-electron chi connectivity index (χ4n) is 3.53. The van der Waals surface area contributed by atoms with Crippen LogP contribution >= 0.6 is 0 Å². The lowest BCUT2D eigenvalue weighted by atomic mass is 9.58. The van der Waals surface area contributed by atoms with E-state index in [-0.39, 0.29) is 0 Å². The van der Waals surface area contributed by atoms with Crippen molar-refractivity contribution >= 4 is 0 Å². The van der Waals surface area contributed by atoms with Crippen molar-refractivity contribution in [2.75, 3.05) is 0 Å². The van der Waals surface area contributed by atoms with E-state index in [4.69, 9.17) is 0 Å². The summed E-state index contributed by atoms with van der Waals surface area (Å²) in [6.45, 7) is 14.4. The summed E-state index contributed by atoms with van der Waals surface area (Å²) in [5.74, 6) is 5.77. The smallest absolute Gasteiger partial charge is 0.0357 e. The molecule has 0 N–H and O–H groups in total. The SMILES string of the molecule is CC(C)CCC1CC(C(C)CC(C)C)C1C. The van der Waals surface area contributed by atoms with Crippen molar-refractivity contribution in [1.29, 1.82) is 0 Å². The highest BCUT2D eigenvalue weighted by Gasteiger charge is 2.39. The van der Waals surface area contributed by atoms with Gasteiger partial charge in [0.15, 0.2) is 0 Å². The first-order valence-corrected chi connectivity index (χ1v) is 7.41. The highest BCUT2D eigenvalue weighted by molar-refractivity contribution is 4.89. The summed E-state index contributed by atoms with van der Waals surface area (Å²) in [7, 11) is 0. The molecule has 4 atom stereocenters. The van der Waals surface area contributed by atoms with Gasteiger partial charge in [-0.25, -0.2) is 0 Å². The zero-order valence-corrected chi connectivity index (χ0v) is 12.3. The largest absolute Gasteiger partial charge is 0.0628 e. The Kier molecular flexibility index (Phi) is 5.34. The quantitative estimate of drug-likeness (QED) is 0.568. The van der Waals surface area contributed by atoms with Crippen molar-refractivity contribution < 1.29 is 0 Å². The Bertz CT molecular complexity index is 192. The molecule has 0 aromatic heterocycles. The maximum Gasteiger partial charge on any atom is -0.0357 e. The van der Waals surface area contributed by atoms with Crippen LogP contribution in [0.5, 0.6) is 0 Å². The van der Waals surface area contributed by atoms with Gasteiger partial charge in [0.2, 0.25) is 0 Å². The fraction of sp³-hybridized carbons (Fsp3) is 1.00. The molecule has 0 bridgehead atoms. The average Bonchev–Trinajstić information content (AvgIpc) is 2.13. The Labute approximate surface area is 103 Å². The molecule has 1 saturated carbocycles. The molecule has 1 aliphatic carbocycles. The van der Waals surface area contributed by atoms with E-state index >= 15 is 0 Å². The number of rotatable bonds is 6. The first-order valence-electron chi connectivity index (χ1n) is 7.41. The van der Waals surface area contributed by atoms with Crippen molar-refractivity contribution in [2.45, 2.75) is 67.2 Å². The van der Waals surface area contributed by atoms with Crippen molar-refractivity contribution in [3.05, 3.63) is 0 Å². The summed E-state index contributed by atoms with van der Waals surface area (Å²) in [5.41, 5.74) is 0. The van der Waals surface area contributed by atoms with Crippen LogP contribution in [0.4, 0.5) is 0 Å². The molecule has 4 unspecified atom stereocenters. The van der Waals surface area contributed by atoms with Crippen LogP contribution in [0.1, 0.15) is 67.2 Å². The molecule has 1 aliphatic rings. The van der Waals surface area contributed by atoms with Crippen LogP contribution in [0.3, 0.4) is 0 Å². The third kappa shape index (κ3) is 3.79. The highest BCUT2D eigenvalue weighted by atomic mass is 14.4. The Morgan fingerprint density at radius 3 is 2.06 bits per heavy atom. The van der Waals surface area contributed by atoms with Crippen LogP contribution < -0.4 is 0 Å². The molecule has 16 heavy (non-hydrogen) atoms. The third-order valence-electron chi connectivity index (χ3n) is 4.68. The second-order valence-electron chi connectivity index (χ2n) is 7.10. The summed E-state index contributed by atoms with van der Waals surface area (Å²) < 4.78 is 0. The van der Waals surface area contributed by atoms with Gasteiger partial charge in [0.05, 0.1) is 0 Å². The van der Waals surface area contributed by atoms with Crippen LogP contribution in [0, 0.1) is 35.5 Å². The molecule has 1 fully saturated rings. The fourth-order valence-corrected chi connectivity index (χ4v) is 3.53. The summed E-state index contributed by atoms with van der Waals surface area (Å²) in [6, 6.07) is 0. The van der Waals surface area contributed by atoms with Gasteiger partial charge in [-0.15, -0.1) is 0 Å². The monoisotopic (exact) mass is 224 g/mol. The van der Waals surface area contributed by atoms with Crippen LogP contribution in [0.15, 0.2) is 0 Å². The van der Waals surface area contributed by atoms with E-state index in [1.54, 1.807) is 0 Å². The van der Waals surface area contributed by atoms with E-state index in [9.17, 15) is 0 Å². The molecule has 0 aliphatic heterocycles. The molecule has 0 nitrogen and oxygen atoms in total. The molecule has 0 aromatic carbocycles. The van der Waals surface area contributed by atoms with Crippen LogP contribution in [0.2, 0.25) is 0 Å². The van der Waals surface area contributed by atoms with Crippen LogP contribution in [-0.2, 0) is 0 Å². The van der Waals surface area contributed by atoms with E-state index in [0.717, 1.165) is 35.5 Å². The molecule has 0 heteroatoms. The normalized spacial score (nSPS) is 31.9. The molecular formula is C16H32. The van der Waals surface area contributed by atoms with Gasteiger partial charge < -0.3 is 0 Å². The van der Waals surface area contributed by atoms with Gasteiger partial charge in [-0.05, 0) is 54.8 Å². The lowest BCUT2D eigenvalue weighted by Crippen LogP contribution is -2.39. The summed E-state index contributed by atoms with van der Waals surface area (Å²) in [6.07, 6.45) is 5.84. The summed E-state index contributed by atoms with van der Waals surface area (Å²) >= 11 is 0. The minimum atomic E-state index is 0.872. The van der Waals surface area contributed by atoms with Crippen LogP contribution in [0.25, 0.3) is 0 Å². The average molecular weight is 224 g/mol. The number of hydrogen-bond donors (Lipinski definition) is 0. The zero-order valence-electron chi connectivity index (χ0n) is 12.3. The van der Waals surface area contributed by atoms with Gasteiger partial charge in [0.25, 0.3) is 0 Å². The maximum absolute atomic E-state index is 2.50. The summed E-state index contributed by atoms with van der Waals surface area (Å²) in [5, 5.41) is 0. The molecule has 0 saturated heterocycles. The lowest BCUT2D eigenvalue weighted by molar-refractivity contribution is 0.0264. The predicted molar refractivity (Wildman–Crippen MR) is 73.5 cm³/mol. The Morgan fingerprint density at radius 2 is 1.62 bits per heavy atom. The minimum absolute atomic E-state index is 0.872.